The van der Waals surface area contributed by atoms with Crippen LogP contribution < -0.4 is 15.1 Å². The Morgan fingerprint density at radius 2 is 1.97 bits per heavy atom. The molecule has 0 fully saturated rings. The molecule has 0 aromatic heterocycles. The molecule has 170 valence electrons. The molecule has 1 heterocycles. The number of hydrogen-bond donors (Lipinski definition) is 1. The van der Waals surface area contributed by atoms with Crippen LogP contribution >= 0.6 is 11.8 Å². The highest BCUT2D eigenvalue weighted by molar-refractivity contribution is 8.00. The van der Waals surface area contributed by atoms with Gasteiger partial charge in [-0.05, 0) is 67.3 Å². The molecule has 0 spiro atoms. The molecule has 33 heavy (non-hydrogen) atoms. The number of fused-ring (bicyclic) bond motifs is 1. The highest BCUT2D eigenvalue weighted by Crippen LogP contribution is 2.30. The maximum Gasteiger partial charge on any atom is 0.250 e. The van der Waals surface area contributed by atoms with Gasteiger partial charge in [-0.2, -0.15) is 5.10 Å². The molecule has 1 N–H and O–H groups in total. The van der Waals surface area contributed by atoms with Crippen molar-refractivity contribution in [3.63, 3.8) is 0 Å². The third kappa shape index (κ3) is 6.17. The van der Waals surface area contributed by atoms with E-state index >= 15 is 0 Å². The van der Waals surface area contributed by atoms with Gasteiger partial charge < -0.3 is 9.64 Å². The van der Waals surface area contributed by atoms with Crippen molar-refractivity contribution >= 4 is 29.6 Å². The summed E-state index contributed by atoms with van der Waals surface area (Å²) in [5.74, 6) is 1.05. The minimum atomic E-state index is -0.129. The predicted molar refractivity (Wildman–Crippen MR) is 136 cm³/mol. The molecule has 0 saturated heterocycles. The van der Waals surface area contributed by atoms with Crippen LogP contribution in [-0.2, 0) is 17.8 Å². The van der Waals surface area contributed by atoms with Gasteiger partial charge in [0.2, 0.25) is 5.91 Å². The summed E-state index contributed by atoms with van der Waals surface area (Å²) in [4.78, 5) is 15.6. The number of aryl methyl sites for hydroxylation is 2. The Morgan fingerprint density at radius 1 is 1.15 bits per heavy atom. The van der Waals surface area contributed by atoms with Gasteiger partial charge in [-0.1, -0.05) is 35.9 Å². The average molecular weight is 460 g/mol. The second-order valence-corrected chi connectivity index (χ2v) is 9.17. The topological polar surface area (TPSA) is 53.9 Å². The summed E-state index contributed by atoms with van der Waals surface area (Å²) in [6, 6.07) is 22.7. The number of benzene rings is 3. The van der Waals surface area contributed by atoms with Crippen LogP contribution in [0.3, 0.4) is 0 Å². The monoisotopic (exact) mass is 459 g/mol. The molecule has 4 rings (SSSR count). The maximum absolute atomic E-state index is 12.1. The number of nitrogens with zero attached hydrogens (tertiary/aromatic N) is 2. The standard InChI is InChI=1S/C27H29N3O2S/c1-20-9-12-24(13-10-20)33-19-27(31)29-28-17-21-11-14-26(32-2)23(16-21)18-30-15-5-7-22-6-3-4-8-25(22)30/h3-4,6,8-14,16-17H,5,7,15,18-19H2,1-2H3,(H,29,31). The van der Waals surface area contributed by atoms with Crippen molar-refractivity contribution in [2.45, 2.75) is 31.2 Å². The molecule has 5 nitrogen and oxygen atoms in total. The molecule has 1 aliphatic heterocycles. The average Bonchev–Trinajstić information content (AvgIpc) is 2.84. The first-order chi connectivity index (χ1) is 16.1. The summed E-state index contributed by atoms with van der Waals surface area (Å²) in [5.41, 5.74) is 8.53. The largest absolute Gasteiger partial charge is 0.496 e. The molecule has 0 radical (unpaired) electrons. The Balaban J connectivity index is 1.38. The number of thioether (sulfide) groups is 1. The van der Waals surface area contributed by atoms with Crippen LogP contribution in [0.1, 0.15) is 28.7 Å². The lowest BCUT2D eigenvalue weighted by atomic mass is 10.0. The molecule has 0 aliphatic carbocycles. The summed E-state index contributed by atoms with van der Waals surface area (Å²) >= 11 is 1.50. The van der Waals surface area contributed by atoms with Gasteiger partial charge in [0.15, 0.2) is 0 Å². The zero-order valence-corrected chi connectivity index (χ0v) is 19.9. The smallest absolute Gasteiger partial charge is 0.250 e. The van der Waals surface area contributed by atoms with Crippen molar-refractivity contribution in [2.24, 2.45) is 5.10 Å². The maximum atomic E-state index is 12.1. The van der Waals surface area contributed by atoms with Crippen molar-refractivity contribution in [3.8, 4) is 5.75 Å². The van der Waals surface area contributed by atoms with E-state index in [1.54, 1.807) is 13.3 Å². The molecule has 0 bridgehead atoms. The van der Waals surface area contributed by atoms with E-state index in [9.17, 15) is 4.79 Å². The van der Waals surface area contributed by atoms with Crippen molar-refractivity contribution < 1.29 is 9.53 Å². The Morgan fingerprint density at radius 3 is 2.79 bits per heavy atom. The van der Waals surface area contributed by atoms with Crippen LogP contribution in [0.25, 0.3) is 0 Å². The van der Waals surface area contributed by atoms with Crippen molar-refractivity contribution in [3.05, 3.63) is 89.0 Å². The van der Waals surface area contributed by atoms with E-state index in [0.717, 1.165) is 47.7 Å². The fourth-order valence-corrected chi connectivity index (χ4v) is 4.67. The van der Waals surface area contributed by atoms with Crippen LogP contribution in [0, 0.1) is 6.92 Å². The van der Waals surface area contributed by atoms with Crippen LogP contribution in [0.5, 0.6) is 5.75 Å². The summed E-state index contributed by atoms with van der Waals surface area (Å²) in [6.45, 7) is 3.83. The van der Waals surface area contributed by atoms with Crippen LogP contribution in [0.4, 0.5) is 5.69 Å². The van der Waals surface area contributed by atoms with Crippen LogP contribution in [0.2, 0.25) is 0 Å². The van der Waals surface area contributed by atoms with E-state index in [2.05, 4.69) is 45.8 Å². The van der Waals surface area contributed by atoms with E-state index in [-0.39, 0.29) is 5.91 Å². The zero-order valence-electron chi connectivity index (χ0n) is 19.1. The number of ether oxygens (including phenoxy) is 1. The fraction of sp³-hybridized carbons (Fsp3) is 0.259. The predicted octanol–water partition coefficient (Wildman–Crippen LogP) is 5.20. The highest BCUT2D eigenvalue weighted by Gasteiger charge is 2.18. The quantitative estimate of drug-likeness (QED) is 0.286. The minimum Gasteiger partial charge on any atom is -0.496 e. The number of amides is 1. The lowest BCUT2D eigenvalue weighted by molar-refractivity contribution is -0.118. The summed E-state index contributed by atoms with van der Waals surface area (Å²) in [6.07, 6.45) is 3.95. The number of anilines is 1. The first kappa shape index (κ1) is 22.9. The van der Waals surface area contributed by atoms with E-state index < -0.39 is 0 Å². The van der Waals surface area contributed by atoms with Crippen LogP contribution in [-0.4, -0.2) is 31.5 Å². The zero-order chi connectivity index (χ0) is 23.0. The molecule has 6 heteroatoms. The molecule has 1 aliphatic rings. The molecule has 1 amide bonds. The normalized spacial score (nSPS) is 13.1. The summed E-state index contributed by atoms with van der Waals surface area (Å²) in [5, 5.41) is 4.16. The number of para-hydroxylation sites is 1. The van der Waals surface area contributed by atoms with Gasteiger partial charge in [0.25, 0.3) is 0 Å². The van der Waals surface area contributed by atoms with Crippen molar-refractivity contribution in [1.29, 1.82) is 0 Å². The van der Waals surface area contributed by atoms with Crippen LogP contribution in [0.15, 0.2) is 76.7 Å². The molecule has 0 unspecified atom stereocenters. The Hall–Kier alpha value is -3.25. The van der Waals surface area contributed by atoms with Gasteiger partial charge >= 0.3 is 0 Å². The number of hydrogen-bond acceptors (Lipinski definition) is 5. The Bertz CT molecular complexity index is 1130. The number of nitrogens with one attached hydrogen (secondary N) is 1. The fourth-order valence-electron chi connectivity index (χ4n) is 3.98. The number of carbonyl (C=O) groups is 1. The van der Waals surface area contributed by atoms with Crippen molar-refractivity contribution in [1.82, 2.24) is 5.43 Å². The van der Waals surface area contributed by atoms with Gasteiger partial charge in [-0.25, -0.2) is 5.43 Å². The highest BCUT2D eigenvalue weighted by atomic mass is 32.2. The molecular weight excluding hydrogens is 430 g/mol. The van der Waals surface area contributed by atoms with Gasteiger partial charge in [-0.15, -0.1) is 11.8 Å². The minimum absolute atomic E-state index is 0.129. The number of rotatable bonds is 8. The lowest BCUT2D eigenvalue weighted by Gasteiger charge is -2.31. The first-order valence-corrected chi connectivity index (χ1v) is 12.1. The van der Waals surface area contributed by atoms with E-state index in [4.69, 9.17) is 4.74 Å². The summed E-state index contributed by atoms with van der Waals surface area (Å²) in [7, 11) is 1.70. The third-order valence-electron chi connectivity index (χ3n) is 5.67. The van der Waals surface area contributed by atoms with E-state index in [0.29, 0.717) is 5.75 Å². The van der Waals surface area contributed by atoms with Crippen molar-refractivity contribution in [2.75, 3.05) is 24.3 Å². The van der Waals surface area contributed by atoms with Gasteiger partial charge in [0.1, 0.15) is 5.75 Å². The SMILES string of the molecule is COc1ccc(C=NNC(=O)CSc2ccc(C)cc2)cc1CN1CCCc2ccccc21. The van der Waals surface area contributed by atoms with E-state index in [1.807, 2.05) is 43.3 Å². The molecule has 3 aromatic rings. The molecule has 0 saturated carbocycles. The Labute approximate surface area is 199 Å². The van der Waals surface area contributed by atoms with Gasteiger partial charge in [-0.3, -0.25) is 4.79 Å². The molecule has 3 aromatic carbocycles. The number of hydrazone groups is 1. The second-order valence-electron chi connectivity index (χ2n) is 8.12. The second kappa shape index (κ2) is 11.1. The van der Waals surface area contributed by atoms with Gasteiger partial charge in [0.05, 0.1) is 19.1 Å². The van der Waals surface area contributed by atoms with E-state index in [1.165, 1.54) is 28.6 Å². The molecule has 0 atom stereocenters. The number of methoxy groups -OCH3 is 1. The Kier molecular flexibility index (Phi) is 7.68. The summed E-state index contributed by atoms with van der Waals surface area (Å²) < 4.78 is 5.61. The van der Waals surface area contributed by atoms with Gasteiger partial charge in [0, 0.05) is 29.2 Å². The first-order valence-electron chi connectivity index (χ1n) is 11.1. The molecular formula is C27H29N3O2S. The lowest BCUT2D eigenvalue weighted by Crippen LogP contribution is -2.29. The third-order valence-corrected chi connectivity index (χ3v) is 6.68. The number of carbonyl (C=O) groups excluding carboxylic acids is 1.